The number of hydrogen-bond donors (Lipinski definition) is 0. The first kappa shape index (κ1) is 28.2. The van der Waals surface area contributed by atoms with E-state index in [0.717, 1.165) is 28.4 Å². The van der Waals surface area contributed by atoms with Crippen molar-refractivity contribution in [2.75, 3.05) is 4.90 Å². The first-order chi connectivity index (χ1) is 25.3. The molecule has 238 valence electrons. The quantitative estimate of drug-likeness (QED) is 0.189. The summed E-state index contributed by atoms with van der Waals surface area (Å²) in [6.07, 6.45) is 0. The van der Waals surface area contributed by atoms with Gasteiger partial charge in [0.25, 0.3) is 0 Å². The van der Waals surface area contributed by atoms with Crippen molar-refractivity contribution in [3.63, 3.8) is 0 Å². The van der Waals surface area contributed by atoms with Gasteiger partial charge in [0.05, 0.1) is 5.41 Å². The molecule has 1 heterocycles. The highest BCUT2D eigenvalue weighted by molar-refractivity contribution is 6.04. The van der Waals surface area contributed by atoms with Gasteiger partial charge in [-0.1, -0.05) is 146 Å². The van der Waals surface area contributed by atoms with Gasteiger partial charge in [0.2, 0.25) is 0 Å². The predicted octanol–water partition coefficient (Wildman–Crippen LogP) is 13.1. The van der Waals surface area contributed by atoms with Gasteiger partial charge in [-0.3, -0.25) is 0 Å². The topological polar surface area (TPSA) is 16.4 Å². The van der Waals surface area contributed by atoms with Crippen molar-refractivity contribution in [2.24, 2.45) is 0 Å². The van der Waals surface area contributed by atoms with Gasteiger partial charge in [-0.2, -0.15) is 0 Å². The molecule has 0 aliphatic heterocycles. The number of anilines is 3. The van der Waals surface area contributed by atoms with Crippen LogP contribution in [0.5, 0.6) is 0 Å². The summed E-state index contributed by atoms with van der Waals surface area (Å²) in [5.41, 5.74) is 15.1. The van der Waals surface area contributed by atoms with Crippen molar-refractivity contribution in [2.45, 2.75) is 5.41 Å². The van der Waals surface area contributed by atoms with Crippen LogP contribution in [0, 0.1) is 0 Å². The Bertz CT molecular complexity index is 2830. The molecular formula is C49H31NO. The van der Waals surface area contributed by atoms with E-state index in [9.17, 15) is 0 Å². The Morgan fingerprint density at radius 3 is 1.92 bits per heavy atom. The van der Waals surface area contributed by atoms with Crippen LogP contribution < -0.4 is 4.90 Å². The van der Waals surface area contributed by atoms with Crippen LogP contribution in [0.2, 0.25) is 0 Å². The lowest BCUT2D eigenvalue weighted by molar-refractivity contribution is 0.628. The highest BCUT2D eigenvalue weighted by Gasteiger charge is 2.54. The Morgan fingerprint density at radius 1 is 0.412 bits per heavy atom. The summed E-state index contributed by atoms with van der Waals surface area (Å²) >= 11 is 0. The molecule has 0 bridgehead atoms. The van der Waals surface area contributed by atoms with Crippen LogP contribution >= 0.6 is 0 Å². The maximum Gasteiger partial charge on any atom is 0.140 e. The summed E-state index contributed by atoms with van der Waals surface area (Å²) in [6.45, 7) is 0. The molecule has 2 heteroatoms. The molecule has 2 aliphatic carbocycles. The molecule has 1 spiro atoms. The molecule has 0 fully saturated rings. The van der Waals surface area contributed by atoms with Crippen LogP contribution in [0.15, 0.2) is 192 Å². The SMILES string of the molecule is c1ccc(N(c2cccc(-c3cccc4c3-c3ccccc3C43c4ccccc4-c4oc5ccccc5c43)c2)c2ccc3ccccc3c2)cc1. The summed E-state index contributed by atoms with van der Waals surface area (Å²) in [4.78, 5) is 2.37. The number of nitrogens with zero attached hydrogens (tertiary/aromatic N) is 1. The van der Waals surface area contributed by atoms with Crippen LogP contribution in [0.3, 0.4) is 0 Å². The maximum absolute atomic E-state index is 6.72. The first-order valence-corrected chi connectivity index (χ1v) is 17.6. The molecule has 2 nitrogen and oxygen atoms in total. The van der Waals surface area contributed by atoms with Gasteiger partial charge in [-0.15, -0.1) is 0 Å². The number of fused-ring (bicyclic) bond motifs is 13. The molecular weight excluding hydrogens is 619 g/mol. The Morgan fingerprint density at radius 2 is 1.04 bits per heavy atom. The van der Waals surface area contributed by atoms with Crippen LogP contribution in [0.25, 0.3) is 55.3 Å². The molecule has 1 aromatic heterocycles. The Balaban J connectivity index is 1.16. The fourth-order valence-corrected chi connectivity index (χ4v) is 9.03. The third-order valence-electron chi connectivity index (χ3n) is 11.0. The van der Waals surface area contributed by atoms with E-state index in [0.29, 0.717) is 0 Å². The number of para-hydroxylation sites is 2. The summed E-state index contributed by atoms with van der Waals surface area (Å²) < 4.78 is 6.72. The van der Waals surface area contributed by atoms with Gasteiger partial charge < -0.3 is 9.32 Å². The van der Waals surface area contributed by atoms with Crippen LogP contribution in [-0.4, -0.2) is 0 Å². The minimum atomic E-state index is -0.487. The fraction of sp³-hybridized carbons (Fsp3) is 0.0204. The van der Waals surface area contributed by atoms with E-state index in [1.807, 2.05) is 0 Å². The molecule has 2 aliphatic rings. The van der Waals surface area contributed by atoms with Crippen LogP contribution in [0.1, 0.15) is 22.3 Å². The number of furan rings is 1. The highest BCUT2D eigenvalue weighted by atomic mass is 16.3. The number of benzene rings is 8. The number of rotatable bonds is 4. The molecule has 9 aromatic rings. The Labute approximate surface area is 296 Å². The Kier molecular flexibility index (Phi) is 5.91. The van der Waals surface area contributed by atoms with Crippen molar-refractivity contribution in [3.05, 3.63) is 210 Å². The van der Waals surface area contributed by atoms with Gasteiger partial charge in [-0.05, 0) is 92.2 Å². The summed E-state index contributed by atoms with van der Waals surface area (Å²) in [6, 6.07) is 68.3. The lowest BCUT2D eigenvalue weighted by Crippen LogP contribution is -2.25. The van der Waals surface area contributed by atoms with E-state index >= 15 is 0 Å². The monoisotopic (exact) mass is 649 g/mol. The molecule has 8 aromatic carbocycles. The zero-order chi connectivity index (χ0) is 33.5. The predicted molar refractivity (Wildman–Crippen MR) is 210 cm³/mol. The van der Waals surface area contributed by atoms with Gasteiger partial charge in [0.1, 0.15) is 11.3 Å². The van der Waals surface area contributed by atoms with Crippen LogP contribution in [-0.2, 0) is 5.41 Å². The van der Waals surface area contributed by atoms with E-state index < -0.39 is 5.41 Å². The number of hydrogen-bond acceptors (Lipinski definition) is 2. The second kappa shape index (κ2) is 10.7. The van der Waals surface area contributed by atoms with E-state index in [4.69, 9.17) is 4.42 Å². The molecule has 0 saturated carbocycles. The smallest absolute Gasteiger partial charge is 0.140 e. The minimum Gasteiger partial charge on any atom is -0.456 e. The van der Waals surface area contributed by atoms with E-state index in [2.05, 4.69) is 193 Å². The zero-order valence-electron chi connectivity index (χ0n) is 27.8. The van der Waals surface area contributed by atoms with Gasteiger partial charge in [0.15, 0.2) is 0 Å². The molecule has 0 saturated heterocycles. The summed E-state index contributed by atoms with van der Waals surface area (Å²) in [5, 5.41) is 3.63. The van der Waals surface area contributed by atoms with Crippen molar-refractivity contribution < 1.29 is 4.42 Å². The van der Waals surface area contributed by atoms with Gasteiger partial charge in [-0.25, -0.2) is 0 Å². The normalized spacial score (nSPS) is 15.1. The molecule has 0 radical (unpaired) electrons. The second-order valence-corrected chi connectivity index (χ2v) is 13.6. The molecule has 0 N–H and O–H groups in total. The average Bonchev–Trinajstić information content (AvgIpc) is 3.82. The summed E-state index contributed by atoms with van der Waals surface area (Å²) in [7, 11) is 0. The molecule has 0 amide bonds. The Hall–Kier alpha value is -6.64. The lowest BCUT2D eigenvalue weighted by Gasteiger charge is -2.30. The highest BCUT2D eigenvalue weighted by Crippen LogP contribution is 2.65. The molecule has 51 heavy (non-hydrogen) atoms. The van der Waals surface area contributed by atoms with Gasteiger partial charge >= 0.3 is 0 Å². The maximum atomic E-state index is 6.72. The average molecular weight is 650 g/mol. The van der Waals surface area contributed by atoms with Gasteiger partial charge in [0, 0.05) is 33.6 Å². The third-order valence-corrected chi connectivity index (χ3v) is 11.0. The second-order valence-electron chi connectivity index (χ2n) is 13.6. The zero-order valence-corrected chi connectivity index (χ0v) is 27.8. The lowest BCUT2D eigenvalue weighted by atomic mass is 9.70. The van der Waals surface area contributed by atoms with E-state index in [-0.39, 0.29) is 0 Å². The fourth-order valence-electron chi connectivity index (χ4n) is 9.03. The molecule has 11 rings (SSSR count). The molecule has 1 unspecified atom stereocenters. The van der Waals surface area contributed by atoms with E-state index in [1.54, 1.807) is 0 Å². The molecule has 1 atom stereocenters. The van der Waals surface area contributed by atoms with Crippen molar-refractivity contribution in [1.29, 1.82) is 0 Å². The first-order valence-electron chi connectivity index (χ1n) is 17.6. The van der Waals surface area contributed by atoms with Crippen molar-refractivity contribution in [1.82, 2.24) is 0 Å². The standard InChI is InChI=1S/C49H31NO/c1-2-17-35(18-3-1)50(37-29-28-32-14-4-5-15-33(32)30-37)36-19-12-16-34(31-36)38-23-13-26-44-46(38)39-20-6-9-24-42(39)49(44)43-25-10-7-21-40(43)48-47(49)41-22-8-11-27-45(41)51-48/h1-31H. The summed E-state index contributed by atoms with van der Waals surface area (Å²) in [5.74, 6) is 0.982. The van der Waals surface area contributed by atoms with Crippen LogP contribution in [0.4, 0.5) is 17.1 Å². The third kappa shape index (κ3) is 3.87. The van der Waals surface area contributed by atoms with Crippen molar-refractivity contribution >= 4 is 38.8 Å². The van der Waals surface area contributed by atoms with Crippen molar-refractivity contribution in [3.8, 4) is 33.6 Å². The largest absolute Gasteiger partial charge is 0.456 e. The minimum absolute atomic E-state index is 0.487. The van der Waals surface area contributed by atoms with E-state index in [1.165, 1.54) is 66.2 Å².